The normalized spacial score (nSPS) is 10.0. The summed E-state index contributed by atoms with van der Waals surface area (Å²) in [4.78, 5) is 14.5. The number of benzene rings is 2. The van der Waals surface area contributed by atoms with Crippen LogP contribution in [0.15, 0.2) is 60.7 Å². The van der Waals surface area contributed by atoms with Gasteiger partial charge in [-0.25, -0.2) is 14.2 Å². The van der Waals surface area contributed by atoms with Crippen molar-refractivity contribution < 1.29 is 31.3 Å². The molecule has 0 fully saturated rings. The first-order chi connectivity index (χ1) is 13.5. The van der Waals surface area contributed by atoms with Crippen LogP contribution in [0.4, 0.5) is 26.5 Å². The van der Waals surface area contributed by atoms with Gasteiger partial charge in [0.1, 0.15) is 11.5 Å². The van der Waals surface area contributed by atoms with E-state index in [-0.39, 0.29) is 24.8 Å². The molecule has 1 aromatic heterocycles. The summed E-state index contributed by atoms with van der Waals surface area (Å²) >= 11 is 0. The first kappa shape index (κ1) is 22.0. The third-order valence-corrected chi connectivity index (χ3v) is 4.10. The summed E-state index contributed by atoms with van der Waals surface area (Å²) < 4.78 is 17.9. The zero-order valence-corrected chi connectivity index (χ0v) is 16.6. The Morgan fingerprint density at radius 1 is 1.03 bits per heavy atom. The highest BCUT2D eigenvalue weighted by Crippen LogP contribution is 2.21. The molecule has 0 aliphatic rings. The molecule has 8 heteroatoms. The minimum Gasteiger partial charge on any atom is -1.00 e. The molecule has 0 aliphatic carbocycles. The van der Waals surface area contributed by atoms with Gasteiger partial charge in [-0.1, -0.05) is 36.4 Å². The van der Waals surface area contributed by atoms with Crippen molar-refractivity contribution in [3.8, 4) is 11.1 Å². The standard InChI is InChI=1S/C21H21FN4O2.ClH/c1-2-28-21(27)25-18-11-12-19(26-20(18)23)24-13-14-3-5-15(6-4-14)16-7-9-17(22)10-8-16;/h3-12H,2,13H2,1H3,(H,25,27)(H3,23,24,26);1H. The molecule has 1 amide bonds. The van der Waals surface area contributed by atoms with Crippen LogP contribution in [-0.4, -0.2) is 12.7 Å². The van der Waals surface area contributed by atoms with Crippen LogP contribution in [0.2, 0.25) is 0 Å². The van der Waals surface area contributed by atoms with Gasteiger partial charge in [-0.05, 0) is 41.8 Å². The Morgan fingerprint density at radius 2 is 1.66 bits per heavy atom. The van der Waals surface area contributed by atoms with Crippen LogP contribution in [0, 0.1) is 5.82 Å². The van der Waals surface area contributed by atoms with E-state index >= 15 is 0 Å². The second kappa shape index (κ2) is 10.3. The van der Waals surface area contributed by atoms with Crippen molar-refractivity contribution in [2.75, 3.05) is 23.0 Å². The number of nitrogens with two attached hydrogens (primary N) is 1. The average Bonchev–Trinajstić information content (AvgIpc) is 2.69. The van der Waals surface area contributed by atoms with Crippen LogP contribution in [0.25, 0.3) is 11.1 Å². The van der Waals surface area contributed by atoms with E-state index in [0.29, 0.717) is 18.1 Å². The number of halogens is 2. The first-order valence-electron chi connectivity index (χ1n) is 8.89. The lowest BCUT2D eigenvalue weighted by Crippen LogP contribution is -3.00. The Morgan fingerprint density at radius 3 is 2.24 bits per heavy atom. The van der Waals surface area contributed by atoms with Gasteiger partial charge in [-0.2, -0.15) is 0 Å². The summed E-state index contributed by atoms with van der Waals surface area (Å²) in [5.74, 6) is 0.794. The number of hydrogen-bond acceptors (Lipinski definition) is 4. The zero-order chi connectivity index (χ0) is 19.9. The summed E-state index contributed by atoms with van der Waals surface area (Å²) in [7, 11) is 0. The number of carbonyl (C=O) groups is 1. The largest absolute Gasteiger partial charge is 1.00 e. The predicted octanol–water partition coefficient (Wildman–Crippen LogP) is 1.07. The second-order valence-electron chi connectivity index (χ2n) is 6.10. The molecule has 0 unspecified atom stereocenters. The van der Waals surface area contributed by atoms with Gasteiger partial charge in [0.2, 0.25) is 11.6 Å². The molecule has 0 bridgehead atoms. The van der Waals surface area contributed by atoms with Gasteiger partial charge in [0, 0.05) is 6.07 Å². The Hall–Kier alpha value is -3.32. The lowest BCUT2D eigenvalue weighted by Gasteiger charge is -2.08. The minimum atomic E-state index is -0.551. The Bertz CT molecular complexity index is 950. The number of nitrogen functional groups attached to an aromatic ring is 1. The number of hydrogen-bond donors (Lipinski definition) is 3. The van der Waals surface area contributed by atoms with E-state index < -0.39 is 6.09 Å². The summed E-state index contributed by atoms with van der Waals surface area (Å²) in [6.45, 7) is 2.60. The van der Waals surface area contributed by atoms with E-state index in [0.717, 1.165) is 22.5 Å². The number of carbonyl (C=O) groups excluding carboxylic acids is 1. The summed E-state index contributed by atoms with van der Waals surface area (Å²) in [6.07, 6.45) is -0.551. The Labute approximate surface area is 174 Å². The molecule has 0 radical (unpaired) electrons. The SMILES string of the molecule is CCOC(=O)Nc1ccc(NCc2ccc(-c3ccc(F)cc3)cc2)[nH+]c1N.[Cl-]. The minimum absolute atomic E-state index is 0. The molecule has 6 nitrogen and oxygen atoms in total. The van der Waals surface area contributed by atoms with Gasteiger partial charge < -0.3 is 28.2 Å². The topological polar surface area (TPSA) is 90.5 Å². The predicted molar refractivity (Wildman–Crippen MR) is 107 cm³/mol. The number of nitrogens with one attached hydrogen (secondary N) is 3. The number of aromatic nitrogens is 1. The summed E-state index contributed by atoms with van der Waals surface area (Å²) in [5.41, 5.74) is 9.45. The van der Waals surface area contributed by atoms with E-state index in [4.69, 9.17) is 10.5 Å². The van der Waals surface area contributed by atoms with Gasteiger partial charge in [0.15, 0.2) is 0 Å². The molecule has 0 spiro atoms. The maximum atomic E-state index is 13.0. The van der Waals surface area contributed by atoms with E-state index in [2.05, 4.69) is 15.6 Å². The third kappa shape index (κ3) is 6.08. The number of rotatable bonds is 6. The lowest BCUT2D eigenvalue weighted by atomic mass is 10.0. The third-order valence-electron chi connectivity index (χ3n) is 4.10. The van der Waals surface area contributed by atoms with Crippen LogP contribution in [0.1, 0.15) is 12.5 Å². The highest BCUT2D eigenvalue weighted by molar-refractivity contribution is 5.87. The fraction of sp³-hybridized carbons (Fsp3) is 0.143. The monoisotopic (exact) mass is 416 g/mol. The summed E-state index contributed by atoms with van der Waals surface area (Å²) in [6, 6.07) is 17.9. The Balaban J connectivity index is 0.00000300. The number of anilines is 3. The van der Waals surface area contributed by atoms with Crippen molar-refractivity contribution in [3.63, 3.8) is 0 Å². The van der Waals surface area contributed by atoms with Crippen LogP contribution in [-0.2, 0) is 11.3 Å². The number of aromatic amines is 1. The number of amides is 1. The molecule has 0 atom stereocenters. The maximum Gasteiger partial charge on any atom is 0.411 e. The van der Waals surface area contributed by atoms with E-state index in [9.17, 15) is 9.18 Å². The molecule has 3 aromatic rings. The number of ether oxygens (including phenoxy) is 1. The van der Waals surface area contributed by atoms with Crippen molar-refractivity contribution in [2.45, 2.75) is 13.5 Å². The van der Waals surface area contributed by atoms with Crippen molar-refractivity contribution in [1.29, 1.82) is 0 Å². The quantitative estimate of drug-likeness (QED) is 0.560. The van der Waals surface area contributed by atoms with Gasteiger partial charge in [0.25, 0.3) is 0 Å². The van der Waals surface area contributed by atoms with Crippen LogP contribution >= 0.6 is 0 Å². The first-order valence-corrected chi connectivity index (χ1v) is 8.89. The maximum absolute atomic E-state index is 13.0. The van der Waals surface area contributed by atoms with Gasteiger partial charge in [-0.15, -0.1) is 0 Å². The van der Waals surface area contributed by atoms with Gasteiger partial charge in [-0.3, -0.25) is 5.32 Å². The average molecular weight is 417 g/mol. The van der Waals surface area contributed by atoms with Crippen molar-refractivity contribution in [2.24, 2.45) is 0 Å². The van der Waals surface area contributed by atoms with Crippen LogP contribution in [0.3, 0.4) is 0 Å². The van der Waals surface area contributed by atoms with E-state index in [1.165, 1.54) is 12.1 Å². The smallest absolute Gasteiger partial charge is 0.411 e. The molecule has 2 aromatic carbocycles. The van der Waals surface area contributed by atoms with Gasteiger partial charge >= 0.3 is 6.09 Å². The fourth-order valence-electron chi connectivity index (χ4n) is 2.65. The number of H-pyrrole nitrogens is 1. The second-order valence-corrected chi connectivity index (χ2v) is 6.10. The van der Waals surface area contributed by atoms with Gasteiger partial charge in [0.05, 0.1) is 13.2 Å². The lowest BCUT2D eigenvalue weighted by molar-refractivity contribution is -0.342. The zero-order valence-electron chi connectivity index (χ0n) is 15.8. The molecule has 3 rings (SSSR count). The molecule has 0 saturated heterocycles. The van der Waals surface area contributed by atoms with Crippen molar-refractivity contribution in [1.82, 2.24) is 0 Å². The molecule has 152 valence electrons. The molecular formula is C21H22ClFN4O2. The molecule has 29 heavy (non-hydrogen) atoms. The van der Waals surface area contributed by atoms with Crippen molar-refractivity contribution in [3.05, 3.63) is 72.0 Å². The van der Waals surface area contributed by atoms with Crippen LogP contribution in [0.5, 0.6) is 0 Å². The van der Waals surface area contributed by atoms with Crippen molar-refractivity contribution >= 4 is 23.4 Å². The van der Waals surface area contributed by atoms with E-state index in [1.54, 1.807) is 31.2 Å². The molecule has 0 aliphatic heterocycles. The molecular weight excluding hydrogens is 395 g/mol. The van der Waals surface area contributed by atoms with Crippen LogP contribution < -0.4 is 33.8 Å². The molecule has 5 N–H and O–H groups in total. The molecule has 0 saturated carbocycles. The molecule has 1 heterocycles. The van der Waals surface area contributed by atoms with E-state index in [1.807, 2.05) is 24.3 Å². The summed E-state index contributed by atoms with van der Waals surface area (Å²) in [5, 5.41) is 5.81. The number of pyridine rings is 1. The fourth-order valence-corrected chi connectivity index (χ4v) is 2.65. The highest BCUT2D eigenvalue weighted by Gasteiger charge is 2.10. The highest BCUT2D eigenvalue weighted by atomic mass is 35.5. The Kier molecular flexibility index (Phi) is 7.79.